The van der Waals surface area contributed by atoms with Crippen LogP contribution in [0.3, 0.4) is 0 Å². The molecule has 100 valence electrons. The molecule has 0 unspecified atom stereocenters. The zero-order chi connectivity index (χ0) is 13.6. The summed E-state index contributed by atoms with van der Waals surface area (Å²) in [4.78, 5) is 4.31. The molecule has 0 saturated carbocycles. The second-order valence-corrected chi connectivity index (χ2v) is 5.33. The fourth-order valence-electron chi connectivity index (χ4n) is 1.51. The van der Waals surface area contributed by atoms with E-state index in [1.54, 1.807) is 7.11 Å². The highest BCUT2D eigenvalue weighted by Gasteiger charge is 2.09. The third kappa shape index (κ3) is 5.68. The lowest BCUT2D eigenvalue weighted by atomic mass is 10.1. The average Bonchev–Trinajstić information content (AvgIpc) is 2.26. The van der Waals surface area contributed by atoms with Gasteiger partial charge in [-0.15, -0.1) is 0 Å². The van der Waals surface area contributed by atoms with E-state index in [1.807, 2.05) is 24.3 Å². The number of ether oxygens (including phenoxy) is 1. The molecule has 0 aromatic heterocycles. The molecule has 0 atom stereocenters. The molecule has 1 aromatic carbocycles. The maximum absolute atomic E-state index is 5.80. The van der Waals surface area contributed by atoms with E-state index in [-0.39, 0.29) is 5.54 Å². The van der Waals surface area contributed by atoms with E-state index >= 15 is 0 Å². The highest BCUT2D eigenvalue weighted by Crippen LogP contribution is 2.06. The van der Waals surface area contributed by atoms with Crippen LogP contribution in [-0.2, 0) is 17.9 Å². The number of methoxy groups -OCH3 is 1. The zero-order valence-electron chi connectivity index (χ0n) is 11.7. The van der Waals surface area contributed by atoms with Crippen LogP contribution < -0.4 is 11.1 Å². The van der Waals surface area contributed by atoms with Gasteiger partial charge in [-0.1, -0.05) is 24.3 Å². The number of benzene rings is 1. The Balaban J connectivity index is 2.55. The zero-order valence-corrected chi connectivity index (χ0v) is 11.7. The Bertz CT molecular complexity index is 390. The molecule has 0 fully saturated rings. The lowest BCUT2D eigenvalue weighted by molar-refractivity contribution is 0.185. The molecule has 4 nitrogen and oxygen atoms in total. The fourth-order valence-corrected chi connectivity index (χ4v) is 1.51. The summed E-state index contributed by atoms with van der Waals surface area (Å²) < 4.78 is 5.06. The molecule has 0 saturated heterocycles. The fraction of sp³-hybridized carbons (Fsp3) is 0.500. The van der Waals surface area contributed by atoms with Gasteiger partial charge in [0, 0.05) is 12.6 Å². The summed E-state index contributed by atoms with van der Waals surface area (Å²) in [5.41, 5.74) is 8.04. The summed E-state index contributed by atoms with van der Waals surface area (Å²) in [7, 11) is 1.69. The Hall–Kier alpha value is -1.55. The molecule has 1 aromatic rings. The average molecular weight is 249 g/mol. The minimum absolute atomic E-state index is 0.0596. The van der Waals surface area contributed by atoms with Gasteiger partial charge in [-0.25, -0.2) is 4.99 Å². The van der Waals surface area contributed by atoms with Gasteiger partial charge in [0.15, 0.2) is 5.96 Å². The monoisotopic (exact) mass is 249 g/mol. The van der Waals surface area contributed by atoms with E-state index < -0.39 is 0 Å². The summed E-state index contributed by atoms with van der Waals surface area (Å²) in [6, 6.07) is 8.17. The first kappa shape index (κ1) is 14.5. The molecule has 0 heterocycles. The second kappa shape index (κ2) is 6.40. The van der Waals surface area contributed by atoms with E-state index in [9.17, 15) is 0 Å². The van der Waals surface area contributed by atoms with Crippen molar-refractivity contribution in [1.82, 2.24) is 5.32 Å². The van der Waals surface area contributed by atoms with Gasteiger partial charge in [-0.05, 0) is 31.9 Å². The van der Waals surface area contributed by atoms with Crippen LogP contribution in [0.4, 0.5) is 0 Å². The molecule has 0 aliphatic carbocycles. The van der Waals surface area contributed by atoms with E-state index in [0.29, 0.717) is 19.1 Å². The quantitative estimate of drug-likeness (QED) is 0.634. The largest absolute Gasteiger partial charge is 0.380 e. The summed E-state index contributed by atoms with van der Waals surface area (Å²) in [5.74, 6) is 0.475. The van der Waals surface area contributed by atoms with Crippen molar-refractivity contribution in [2.45, 2.75) is 39.5 Å². The molecule has 0 spiro atoms. The third-order valence-electron chi connectivity index (χ3n) is 2.27. The van der Waals surface area contributed by atoms with Gasteiger partial charge in [0.1, 0.15) is 0 Å². The van der Waals surface area contributed by atoms with Crippen LogP contribution in [0.15, 0.2) is 29.3 Å². The molecule has 0 amide bonds. The van der Waals surface area contributed by atoms with Gasteiger partial charge in [-0.2, -0.15) is 0 Å². The Labute approximate surface area is 109 Å². The van der Waals surface area contributed by atoms with Crippen molar-refractivity contribution in [2.24, 2.45) is 10.7 Å². The van der Waals surface area contributed by atoms with Crippen LogP contribution in [-0.4, -0.2) is 18.6 Å². The van der Waals surface area contributed by atoms with E-state index in [0.717, 1.165) is 11.1 Å². The smallest absolute Gasteiger partial charge is 0.189 e. The van der Waals surface area contributed by atoms with E-state index in [1.165, 1.54) is 0 Å². The van der Waals surface area contributed by atoms with Crippen LogP contribution in [0, 0.1) is 0 Å². The van der Waals surface area contributed by atoms with Crippen molar-refractivity contribution in [3.05, 3.63) is 35.4 Å². The van der Waals surface area contributed by atoms with Crippen LogP contribution in [0.2, 0.25) is 0 Å². The maximum atomic E-state index is 5.80. The Kier molecular flexibility index (Phi) is 5.16. The van der Waals surface area contributed by atoms with Crippen molar-refractivity contribution in [3.63, 3.8) is 0 Å². The van der Waals surface area contributed by atoms with Gasteiger partial charge in [-0.3, -0.25) is 0 Å². The molecule has 0 radical (unpaired) electrons. The number of guanidine groups is 1. The standard InChI is InChI=1S/C14H23N3O/c1-14(2,3)17-13(15)16-9-11-5-7-12(8-6-11)10-18-4/h5-8H,9-10H2,1-4H3,(H3,15,16,17). The van der Waals surface area contributed by atoms with Crippen molar-refractivity contribution < 1.29 is 4.74 Å². The van der Waals surface area contributed by atoms with Crippen molar-refractivity contribution in [2.75, 3.05) is 7.11 Å². The Morgan fingerprint density at radius 1 is 1.22 bits per heavy atom. The van der Waals surface area contributed by atoms with Gasteiger partial charge >= 0.3 is 0 Å². The first-order chi connectivity index (χ1) is 8.40. The van der Waals surface area contributed by atoms with Crippen LogP contribution >= 0.6 is 0 Å². The Morgan fingerprint density at radius 3 is 2.28 bits per heavy atom. The van der Waals surface area contributed by atoms with Gasteiger partial charge in [0.05, 0.1) is 13.2 Å². The topological polar surface area (TPSA) is 59.6 Å². The molecule has 3 N–H and O–H groups in total. The Morgan fingerprint density at radius 2 is 1.78 bits per heavy atom. The molecular formula is C14H23N3O. The molecular weight excluding hydrogens is 226 g/mol. The maximum Gasteiger partial charge on any atom is 0.189 e. The number of nitrogens with two attached hydrogens (primary N) is 1. The summed E-state index contributed by atoms with van der Waals surface area (Å²) in [6.07, 6.45) is 0. The van der Waals surface area contributed by atoms with Crippen LogP contribution in [0.5, 0.6) is 0 Å². The van der Waals surface area contributed by atoms with Crippen molar-refractivity contribution in [1.29, 1.82) is 0 Å². The highest BCUT2D eigenvalue weighted by molar-refractivity contribution is 5.78. The predicted octanol–water partition coefficient (Wildman–Crippen LogP) is 2.04. The van der Waals surface area contributed by atoms with Gasteiger partial charge in [0.25, 0.3) is 0 Å². The number of nitrogens with zero attached hydrogens (tertiary/aromatic N) is 1. The van der Waals surface area contributed by atoms with E-state index in [4.69, 9.17) is 10.5 Å². The van der Waals surface area contributed by atoms with Crippen LogP contribution in [0.1, 0.15) is 31.9 Å². The molecule has 0 aliphatic rings. The SMILES string of the molecule is COCc1ccc(CN=C(N)NC(C)(C)C)cc1. The number of hydrogen-bond donors (Lipinski definition) is 2. The number of nitrogens with one attached hydrogen (secondary N) is 1. The van der Waals surface area contributed by atoms with Gasteiger partial charge in [0.2, 0.25) is 0 Å². The predicted molar refractivity (Wildman–Crippen MR) is 75.4 cm³/mol. The van der Waals surface area contributed by atoms with Crippen LogP contribution in [0.25, 0.3) is 0 Å². The number of aliphatic imine (C=N–C) groups is 1. The molecule has 18 heavy (non-hydrogen) atoms. The lowest BCUT2D eigenvalue weighted by Gasteiger charge is -2.20. The summed E-state index contributed by atoms with van der Waals surface area (Å²) in [5, 5.41) is 3.13. The first-order valence-electron chi connectivity index (χ1n) is 6.05. The third-order valence-corrected chi connectivity index (χ3v) is 2.27. The van der Waals surface area contributed by atoms with Crippen molar-refractivity contribution in [3.8, 4) is 0 Å². The summed E-state index contributed by atoms with van der Waals surface area (Å²) >= 11 is 0. The van der Waals surface area contributed by atoms with Crippen molar-refractivity contribution >= 4 is 5.96 Å². The number of rotatable bonds is 4. The molecule has 1 rings (SSSR count). The second-order valence-electron chi connectivity index (χ2n) is 5.33. The molecule has 0 aliphatic heterocycles. The highest BCUT2D eigenvalue weighted by atomic mass is 16.5. The minimum atomic E-state index is -0.0596. The first-order valence-corrected chi connectivity index (χ1v) is 6.05. The summed E-state index contributed by atoms with van der Waals surface area (Å²) in [6.45, 7) is 7.37. The lowest BCUT2D eigenvalue weighted by Crippen LogP contribution is -2.44. The number of hydrogen-bond acceptors (Lipinski definition) is 2. The van der Waals surface area contributed by atoms with Gasteiger partial charge < -0.3 is 15.8 Å². The normalized spacial score (nSPS) is 12.6. The molecule has 0 bridgehead atoms. The van der Waals surface area contributed by atoms with E-state index in [2.05, 4.69) is 31.1 Å². The molecule has 4 heteroatoms. The minimum Gasteiger partial charge on any atom is -0.380 e.